The highest BCUT2D eigenvalue weighted by Crippen LogP contribution is 2.29. The number of benzene rings is 1. The highest BCUT2D eigenvalue weighted by Gasteiger charge is 2.08. The maximum atomic E-state index is 5.68. The summed E-state index contributed by atoms with van der Waals surface area (Å²) >= 11 is 1.24. The molecule has 2 N–H and O–H groups in total. The Labute approximate surface area is 98.3 Å². The van der Waals surface area contributed by atoms with Gasteiger partial charge in [-0.1, -0.05) is 12.1 Å². The highest BCUT2D eigenvalue weighted by atomic mass is 32.1. The van der Waals surface area contributed by atoms with E-state index in [1.807, 2.05) is 26.0 Å². The van der Waals surface area contributed by atoms with E-state index in [4.69, 9.17) is 10.5 Å². The molecule has 2 rings (SSSR count). The lowest BCUT2D eigenvalue weighted by atomic mass is 10.1. The molecule has 0 saturated carbocycles. The Hall–Kier alpha value is -1.46. The Bertz CT molecular complexity index is 459. The molecule has 0 amide bonds. The first-order chi connectivity index (χ1) is 7.70. The second kappa shape index (κ2) is 4.59. The van der Waals surface area contributed by atoms with Crippen LogP contribution in [-0.4, -0.2) is 9.36 Å². The zero-order valence-electron chi connectivity index (χ0n) is 9.23. The molecule has 0 atom stereocenters. The largest absolute Gasteiger partial charge is 0.429 e. The number of nitrogens with two attached hydrogens (primary N) is 1. The van der Waals surface area contributed by atoms with E-state index in [0.717, 1.165) is 22.4 Å². The first-order valence-electron chi connectivity index (χ1n) is 4.95. The summed E-state index contributed by atoms with van der Waals surface area (Å²) in [6.45, 7) is 4.55. The van der Waals surface area contributed by atoms with Gasteiger partial charge in [-0.15, -0.1) is 0 Å². The predicted molar refractivity (Wildman–Crippen MR) is 63.8 cm³/mol. The minimum atomic E-state index is 0.542. The molecule has 0 fully saturated rings. The van der Waals surface area contributed by atoms with Gasteiger partial charge in [0.2, 0.25) is 0 Å². The molecule has 2 aromatic rings. The van der Waals surface area contributed by atoms with Crippen LogP contribution >= 0.6 is 11.5 Å². The van der Waals surface area contributed by atoms with E-state index in [2.05, 4.69) is 9.36 Å². The molecule has 16 heavy (non-hydrogen) atoms. The number of rotatable bonds is 3. The molecule has 5 heteroatoms. The average Bonchev–Trinajstić information content (AvgIpc) is 2.75. The Morgan fingerprint density at radius 1 is 1.31 bits per heavy atom. The van der Waals surface area contributed by atoms with E-state index >= 15 is 0 Å². The van der Waals surface area contributed by atoms with Crippen molar-refractivity contribution in [2.45, 2.75) is 20.4 Å². The molecule has 0 saturated heterocycles. The van der Waals surface area contributed by atoms with Crippen molar-refractivity contribution in [2.75, 3.05) is 0 Å². The van der Waals surface area contributed by atoms with Crippen molar-refractivity contribution < 1.29 is 4.74 Å². The third kappa shape index (κ3) is 2.20. The van der Waals surface area contributed by atoms with Crippen LogP contribution in [0.2, 0.25) is 0 Å². The van der Waals surface area contributed by atoms with Crippen LogP contribution in [0, 0.1) is 13.8 Å². The number of nitrogens with zero attached hydrogens (tertiary/aromatic N) is 2. The summed E-state index contributed by atoms with van der Waals surface area (Å²) < 4.78 is 9.58. The number of aromatic nitrogens is 2. The van der Waals surface area contributed by atoms with Crippen molar-refractivity contribution in [3.8, 4) is 10.9 Å². The molecule has 4 nitrogen and oxygen atoms in total. The molecule has 0 radical (unpaired) electrons. The number of hydrogen-bond donors (Lipinski definition) is 1. The molecule has 1 heterocycles. The predicted octanol–water partition coefficient (Wildman–Crippen LogP) is 2.41. The van der Waals surface area contributed by atoms with Gasteiger partial charge in [0, 0.05) is 18.1 Å². The van der Waals surface area contributed by atoms with Gasteiger partial charge >= 0.3 is 0 Å². The highest BCUT2D eigenvalue weighted by molar-refractivity contribution is 7.07. The lowest BCUT2D eigenvalue weighted by Crippen LogP contribution is -1.99. The van der Waals surface area contributed by atoms with Crippen molar-refractivity contribution in [3.05, 3.63) is 35.2 Å². The summed E-state index contributed by atoms with van der Waals surface area (Å²) in [6.07, 6.45) is 1.49. The fourth-order valence-electron chi connectivity index (χ4n) is 1.61. The average molecular weight is 235 g/mol. The van der Waals surface area contributed by atoms with Gasteiger partial charge in [-0.25, -0.2) is 0 Å². The molecule has 1 aromatic heterocycles. The lowest BCUT2D eigenvalue weighted by Gasteiger charge is -2.10. The topological polar surface area (TPSA) is 61.0 Å². The maximum Gasteiger partial charge on any atom is 0.298 e. The van der Waals surface area contributed by atoms with Crippen molar-refractivity contribution >= 4 is 11.5 Å². The van der Waals surface area contributed by atoms with E-state index in [0.29, 0.717) is 11.7 Å². The third-order valence-electron chi connectivity index (χ3n) is 2.29. The van der Waals surface area contributed by atoms with Gasteiger partial charge in [-0.3, -0.25) is 0 Å². The first kappa shape index (κ1) is 11.0. The molecule has 0 bridgehead atoms. The summed E-state index contributed by atoms with van der Waals surface area (Å²) in [7, 11) is 0. The normalized spacial score (nSPS) is 10.4. The van der Waals surface area contributed by atoms with Crippen LogP contribution in [0.25, 0.3) is 0 Å². The molecule has 0 unspecified atom stereocenters. The van der Waals surface area contributed by atoms with E-state index in [-0.39, 0.29) is 0 Å². The summed E-state index contributed by atoms with van der Waals surface area (Å²) in [5.74, 6) is 0.842. The number of hydrogen-bond acceptors (Lipinski definition) is 5. The number of ether oxygens (including phenoxy) is 1. The van der Waals surface area contributed by atoms with Gasteiger partial charge in [0.05, 0.1) is 0 Å². The summed E-state index contributed by atoms with van der Waals surface area (Å²) in [5, 5.41) is 0.562. The standard InChI is InChI=1S/C11H13N3OS/c1-7-3-9(5-12)4-8(2)10(7)15-11-13-6-14-16-11/h3-4,6H,5,12H2,1-2H3. The van der Waals surface area contributed by atoms with E-state index < -0.39 is 0 Å². The van der Waals surface area contributed by atoms with Crippen LogP contribution in [0.4, 0.5) is 0 Å². The fourth-order valence-corrected chi connectivity index (χ4v) is 2.01. The molecule has 0 aliphatic carbocycles. The van der Waals surface area contributed by atoms with E-state index in [1.165, 1.54) is 17.9 Å². The van der Waals surface area contributed by atoms with Crippen LogP contribution in [0.1, 0.15) is 16.7 Å². The Kier molecular flexibility index (Phi) is 3.17. The van der Waals surface area contributed by atoms with Crippen LogP contribution in [-0.2, 0) is 6.54 Å². The van der Waals surface area contributed by atoms with E-state index in [1.54, 1.807) is 0 Å². The van der Waals surface area contributed by atoms with Crippen LogP contribution < -0.4 is 10.5 Å². The van der Waals surface area contributed by atoms with Gasteiger partial charge in [-0.05, 0) is 30.5 Å². The smallest absolute Gasteiger partial charge is 0.298 e. The number of aryl methyl sites for hydroxylation is 2. The van der Waals surface area contributed by atoms with Gasteiger partial charge in [0.15, 0.2) is 0 Å². The molecule has 1 aromatic carbocycles. The fraction of sp³-hybridized carbons (Fsp3) is 0.273. The Morgan fingerprint density at radius 2 is 2.00 bits per heavy atom. The van der Waals surface area contributed by atoms with Crippen molar-refractivity contribution in [1.29, 1.82) is 0 Å². The van der Waals surface area contributed by atoms with Gasteiger partial charge in [0.25, 0.3) is 5.19 Å². The quantitative estimate of drug-likeness (QED) is 0.887. The van der Waals surface area contributed by atoms with Crippen LogP contribution in [0.5, 0.6) is 10.9 Å². The molecular weight excluding hydrogens is 222 g/mol. The van der Waals surface area contributed by atoms with Crippen molar-refractivity contribution in [3.63, 3.8) is 0 Å². The maximum absolute atomic E-state index is 5.68. The minimum absolute atomic E-state index is 0.542. The van der Waals surface area contributed by atoms with Gasteiger partial charge < -0.3 is 10.5 Å². The molecule has 84 valence electrons. The SMILES string of the molecule is Cc1cc(CN)cc(C)c1Oc1ncns1. The van der Waals surface area contributed by atoms with Gasteiger partial charge in [0.1, 0.15) is 12.1 Å². The van der Waals surface area contributed by atoms with Crippen molar-refractivity contribution in [1.82, 2.24) is 9.36 Å². The molecule has 0 spiro atoms. The second-order valence-electron chi connectivity index (χ2n) is 3.57. The summed E-state index contributed by atoms with van der Waals surface area (Å²) in [5.41, 5.74) is 8.85. The third-order valence-corrected chi connectivity index (χ3v) is 2.83. The zero-order valence-corrected chi connectivity index (χ0v) is 10.0. The monoisotopic (exact) mass is 235 g/mol. The molecule has 0 aliphatic heterocycles. The second-order valence-corrected chi connectivity index (χ2v) is 4.31. The molecular formula is C11H13N3OS. The van der Waals surface area contributed by atoms with Gasteiger partial charge in [-0.2, -0.15) is 9.36 Å². The Morgan fingerprint density at radius 3 is 2.50 bits per heavy atom. The summed E-state index contributed by atoms with van der Waals surface area (Å²) in [6, 6.07) is 4.06. The Balaban J connectivity index is 2.34. The van der Waals surface area contributed by atoms with Crippen LogP contribution in [0.15, 0.2) is 18.5 Å². The summed E-state index contributed by atoms with van der Waals surface area (Å²) in [4.78, 5) is 4.00. The van der Waals surface area contributed by atoms with Crippen LogP contribution in [0.3, 0.4) is 0 Å². The lowest BCUT2D eigenvalue weighted by molar-refractivity contribution is 0.471. The molecule has 0 aliphatic rings. The first-order valence-corrected chi connectivity index (χ1v) is 5.72. The zero-order chi connectivity index (χ0) is 11.5. The van der Waals surface area contributed by atoms with E-state index in [9.17, 15) is 0 Å². The van der Waals surface area contributed by atoms with Crippen molar-refractivity contribution in [2.24, 2.45) is 5.73 Å². The minimum Gasteiger partial charge on any atom is -0.429 e.